The number of hydrogen-bond donors (Lipinski definition) is 0. The third-order valence-corrected chi connectivity index (χ3v) is 5.54. The minimum Gasteiger partial charge on any atom is -0.462 e. The molecule has 0 bridgehead atoms. The Morgan fingerprint density at radius 1 is 1.10 bits per heavy atom. The summed E-state index contributed by atoms with van der Waals surface area (Å²) in [6, 6.07) is 5.03. The van der Waals surface area contributed by atoms with Gasteiger partial charge in [-0.05, 0) is 42.7 Å². The van der Waals surface area contributed by atoms with Crippen molar-refractivity contribution < 1.29 is 28.8 Å². The lowest BCUT2D eigenvalue weighted by atomic mass is 9.75. The van der Waals surface area contributed by atoms with E-state index in [1.165, 1.54) is 24.3 Å². The van der Waals surface area contributed by atoms with Gasteiger partial charge in [-0.1, -0.05) is 27.2 Å². The van der Waals surface area contributed by atoms with Crippen molar-refractivity contribution >= 4 is 23.4 Å². The maximum atomic E-state index is 12.2. The predicted octanol–water partition coefficient (Wildman–Crippen LogP) is 4.10. The van der Waals surface area contributed by atoms with Gasteiger partial charge in [0.25, 0.3) is 5.69 Å². The van der Waals surface area contributed by atoms with Gasteiger partial charge in [0.2, 0.25) is 0 Å². The van der Waals surface area contributed by atoms with Gasteiger partial charge < -0.3 is 9.47 Å². The number of benzene rings is 1. The van der Waals surface area contributed by atoms with Crippen LogP contribution in [0.15, 0.2) is 24.3 Å². The maximum absolute atomic E-state index is 12.2. The molecule has 1 aromatic rings. The Morgan fingerprint density at radius 3 is 2.33 bits per heavy atom. The monoisotopic (exact) mass is 419 g/mol. The van der Waals surface area contributed by atoms with Gasteiger partial charge in [0.1, 0.15) is 6.10 Å². The molecule has 2 rings (SSSR count). The minimum absolute atomic E-state index is 0.0970. The molecule has 30 heavy (non-hydrogen) atoms. The lowest BCUT2D eigenvalue weighted by molar-refractivity contribution is -0.384. The smallest absolute Gasteiger partial charge is 0.306 e. The van der Waals surface area contributed by atoms with Crippen molar-refractivity contribution in [3.8, 4) is 0 Å². The van der Waals surface area contributed by atoms with Gasteiger partial charge in [0.15, 0.2) is 12.4 Å². The van der Waals surface area contributed by atoms with E-state index in [4.69, 9.17) is 9.47 Å². The number of non-ortho nitro benzene ring substituents is 1. The topological polar surface area (TPSA) is 113 Å². The second-order valence-electron chi connectivity index (χ2n) is 8.24. The number of nitrogens with zero attached hydrogens (tertiary/aromatic N) is 1. The molecule has 1 aliphatic carbocycles. The molecule has 0 aliphatic heterocycles. The summed E-state index contributed by atoms with van der Waals surface area (Å²) in [7, 11) is 0. The van der Waals surface area contributed by atoms with Crippen LogP contribution in [0.4, 0.5) is 5.69 Å². The molecule has 1 saturated carbocycles. The Balaban J connectivity index is 1.75. The standard InChI is InChI=1S/C22H29NO7/c1-14(2)18-9-4-15(3)12-20(18)30-22(26)11-10-21(25)29-13-19(24)16-5-7-17(8-6-16)23(27)28/h5-8,14-15,18,20H,4,9-13H2,1-3H3/t15-,18-,20-/m1/s1. The van der Waals surface area contributed by atoms with Gasteiger partial charge in [0.05, 0.1) is 17.8 Å². The van der Waals surface area contributed by atoms with E-state index in [-0.39, 0.29) is 30.2 Å². The molecule has 0 amide bonds. The number of hydrogen-bond acceptors (Lipinski definition) is 7. The molecule has 0 aromatic heterocycles. The molecule has 8 nitrogen and oxygen atoms in total. The molecule has 0 radical (unpaired) electrons. The largest absolute Gasteiger partial charge is 0.462 e. The molecule has 3 atom stereocenters. The summed E-state index contributed by atoms with van der Waals surface area (Å²) < 4.78 is 10.6. The van der Waals surface area contributed by atoms with Crippen LogP contribution in [0.3, 0.4) is 0 Å². The first-order valence-corrected chi connectivity index (χ1v) is 10.3. The fourth-order valence-electron chi connectivity index (χ4n) is 3.75. The molecule has 8 heteroatoms. The molecule has 0 saturated heterocycles. The molecule has 164 valence electrons. The highest BCUT2D eigenvalue weighted by Gasteiger charge is 2.33. The zero-order chi connectivity index (χ0) is 22.3. The molecular formula is C22H29NO7. The fraction of sp³-hybridized carbons (Fsp3) is 0.591. The zero-order valence-electron chi connectivity index (χ0n) is 17.7. The van der Waals surface area contributed by atoms with E-state index in [0.717, 1.165) is 19.3 Å². The molecule has 0 N–H and O–H groups in total. The van der Waals surface area contributed by atoms with Crippen LogP contribution >= 0.6 is 0 Å². The summed E-state index contributed by atoms with van der Waals surface area (Å²) in [4.78, 5) is 46.1. The van der Waals surface area contributed by atoms with Gasteiger partial charge >= 0.3 is 11.9 Å². The van der Waals surface area contributed by atoms with E-state index < -0.39 is 29.3 Å². The Kier molecular flexibility index (Phi) is 8.50. The summed E-state index contributed by atoms with van der Waals surface area (Å²) in [5.74, 6) is -0.315. The third kappa shape index (κ3) is 6.93. The van der Waals surface area contributed by atoms with E-state index in [1.54, 1.807) is 0 Å². The van der Waals surface area contributed by atoms with E-state index in [0.29, 0.717) is 17.8 Å². The van der Waals surface area contributed by atoms with Crippen LogP contribution in [0.1, 0.15) is 63.2 Å². The second kappa shape index (κ2) is 10.8. The summed E-state index contributed by atoms with van der Waals surface area (Å²) >= 11 is 0. The molecular weight excluding hydrogens is 390 g/mol. The number of carbonyl (C=O) groups is 3. The van der Waals surface area contributed by atoms with Crippen molar-refractivity contribution in [2.75, 3.05) is 6.61 Å². The lowest BCUT2D eigenvalue weighted by Crippen LogP contribution is -2.36. The molecule has 1 aliphatic rings. The Morgan fingerprint density at radius 2 is 1.73 bits per heavy atom. The predicted molar refractivity (Wildman–Crippen MR) is 109 cm³/mol. The van der Waals surface area contributed by atoms with Crippen LogP contribution in [0.2, 0.25) is 0 Å². The molecule has 0 spiro atoms. The van der Waals surface area contributed by atoms with E-state index in [2.05, 4.69) is 20.8 Å². The first-order valence-electron chi connectivity index (χ1n) is 10.3. The highest BCUT2D eigenvalue weighted by Crippen LogP contribution is 2.35. The van der Waals surface area contributed by atoms with Crippen molar-refractivity contribution in [2.45, 2.75) is 59.0 Å². The van der Waals surface area contributed by atoms with Crippen LogP contribution in [-0.2, 0) is 19.1 Å². The number of nitro groups is 1. The van der Waals surface area contributed by atoms with Crippen molar-refractivity contribution in [1.29, 1.82) is 0 Å². The highest BCUT2D eigenvalue weighted by molar-refractivity contribution is 5.98. The Hall–Kier alpha value is -2.77. The van der Waals surface area contributed by atoms with Crippen molar-refractivity contribution in [3.63, 3.8) is 0 Å². The highest BCUT2D eigenvalue weighted by atomic mass is 16.6. The van der Waals surface area contributed by atoms with E-state index in [1.807, 2.05) is 0 Å². The Labute approximate surface area is 176 Å². The van der Waals surface area contributed by atoms with Gasteiger partial charge in [-0.15, -0.1) is 0 Å². The zero-order valence-corrected chi connectivity index (χ0v) is 17.7. The average molecular weight is 419 g/mol. The summed E-state index contributed by atoms with van der Waals surface area (Å²) in [5, 5.41) is 10.6. The van der Waals surface area contributed by atoms with Crippen LogP contribution in [0.25, 0.3) is 0 Å². The third-order valence-electron chi connectivity index (χ3n) is 5.54. The first-order chi connectivity index (χ1) is 14.2. The number of esters is 2. The molecule has 0 heterocycles. The number of ketones is 1. The van der Waals surface area contributed by atoms with Crippen LogP contribution < -0.4 is 0 Å². The number of Topliss-reactive ketones (excluding diaryl/α,β-unsaturated/α-hetero) is 1. The van der Waals surface area contributed by atoms with Gasteiger partial charge in [0, 0.05) is 17.7 Å². The summed E-state index contributed by atoms with van der Waals surface area (Å²) in [6.45, 7) is 5.92. The van der Waals surface area contributed by atoms with Crippen LogP contribution in [0.5, 0.6) is 0 Å². The van der Waals surface area contributed by atoms with Crippen molar-refractivity contribution in [2.24, 2.45) is 17.8 Å². The fourth-order valence-corrected chi connectivity index (χ4v) is 3.75. The number of rotatable bonds is 9. The molecule has 1 aromatic carbocycles. The van der Waals surface area contributed by atoms with Crippen molar-refractivity contribution in [3.05, 3.63) is 39.9 Å². The SMILES string of the molecule is CC(C)[C@H]1CC[C@@H](C)C[C@H]1OC(=O)CCC(=O)OCC(=O)c1ccc([N+](=O)[O-])cc1. The summed E-state index contributed by atoms with van der Waals surface area (Å²) in [5.41, 5.74) is 0.0769. The Bertz CT molecular complexity index is 772. The number of ether oxygens (including phenoxy) is 2. The normalized spacial score (nSPS) is 21.1. The molecule has 1 fully saturated rings. The number of nitro benzene ring substituents is 1. The first kappa shape index (κ1) is 23.5. The average Bonchev–Trinajstić information content (AvgIpc) is 2.70. The number of carbonyl (C=O) groups excluding carboxylic acids is 3. The van der Waals surface area contributed by atoms with Crippen molar-refractivity contribution in [1.82, 2.24) is 0 Å². The van der Waals surface area contributed by atoms with E-state index >= 15 is 0 Å². The van der Waals surface area contributed by atoms with Gasteiger partial charge in [-0.3, -0.25) is 24.5 Å². The van der Waals surface area contributed by atoms with Gasteiger partial charge in [-0.25, -0.2) is 0 Å². The molecule has 0 unspecified atom stereocenters. The minimum atomic E-state index is -0.667. The van der Waals surface area contributed by atoms with Gasteiger partial charge in [-0.2, -0.15) is 0 Å². The lowest BCUT2D eigenvalue weighted by Gasteiger charge is -2.36. The quantitative estimate of drug-likeness (QED) is 0.256. The van der Waals surface area contributed by atoms with Crippen LogP contribution in [0, 0.1) is 27.9 Å². The van der Waals surface area contributed by atoms with E-state index in [9.17, 15) is 24.5 Å². The maximum Gasteiger partial charge on any atom is 0.306 e. The van der Waals surface area contributed by atoms with Crippen LogP contribution in [-0.4, -0.2) is 35.4 Å². The second-order valence-corrected chi connectivity index (χ2v) is 8.24. The summed E-state index contributed by atoms with van der Waals surface area (Å²) in [6.07, 6.45) is 2.61.